The molecule has 1 atom stereocenters. The van der Waals surface area contributed by atoms with Crippen molar-refractivity contribution in [1.29, 1.82) is 0 Å². The number of benzene rings is 2. The van der Waals surface area contributed by atoms with E-state index in [9.17, 15) is 13.6 Å². The molecule has 0 aromatic heterocycles. The topological polar surface area (TPSA) is 49.6 Å². The zero-order chi connectivity index (χ0) is 18.7. The van der Waals surface area contributed by atoms with Crippen molar-refractivity contribution in [3.63, 3.8) is 0 Å². The third-order valence-electron chi connectivity index (χ3n) is 4.96. The van der Waals surface area contributed by atoms with E-state index in [4.69, 9.17) is 5.73 Å². The molecule has 1 saturated heterocycles. The highest BCUT2D eigenvalue weighted by Gasteiger charge is 2.26. The highest BCUT2D eigenvalue weighted by Crippen LogP contribution is 2.24. The zero-order valence-corrected chi connectivity index (χ0v) is 17.2. The number of hydrogen-bond acceptors (Lipinski definition) is 3. The molecular weight excluding hydrogens is 407 g/mol. The summed E-state index contributed by atoms with van der Waals surface area (Å²) < 4.78 is 27.1. The molecule has 0 radical (unpaired) electrons. The van der Waals surface area contributed by atoms with Gasteiger partial charge in [-0.25, -0.2) is 8.78 Å². The number of nitrogens with zero attached hydrogens (tertiary/aromatic N) is 2. The molecule has 0 saturated carbocycles. The fraction of sp³-hybridized carbons (Fsp3) is 0.350. The molecule has 0 bridgehead atoms. The number of anilines is 1. The summed E-state index contributed by atoms with van der Waals surface area (Å²) in [7, 11) is 0. The number of nitrogen functional groups attached to an aromatic ring is 1. The van der Waals surface area contributed by atoms with E-state index < -0.39 is 11.6 Å². The van der Waals surface area contributed by atoms with Gasteiger partial charge in [0.05, 0.1) is 6.42 Å². The molecule has 1 aliphatic heterocycles. The van der Waals surface area contributed by atoms with Crippen LogP contribution in [0, 0.1) is 11.6 Å². The van der Waals surface area contributed by atoms with Gasteiger partial charge in [0.2, 0.25) is 5.91 Å². The van der Waals surface area contributed by atoms with E-state index in [-0.39, 0.29) is 36.8 Å². The minimum atomic E-state index is -0.573. The summed E-state index contributed by atoms with van der Waals surface area (Å²) in [6.07, 6.45) is 0.350. The van der Waals surface area contributed by atoms with Gasteiger partial charge in [-0.3, -0.25) is 9.69 Å². The minimum Gasteiger partial charge on any atom is -0.399 e. The van der Waals surface area contributed by atoms with Gasteiger partial charge in [0, 0.05) is 49.5 Å². The fourth-order valence-electron chi connectivity index (χ4n) is 3.32. The van der Waals surface area contributed by atoms with Crippen LogP contribution >= 0.6 is 24.8 Å². The highest BCUT2D eigenvalue weighted by atomic mass is 35.5. The quantitative estimate of drug-likeness (QED) is 0.748. The van der Waals surface area contributed by atoms with Gasteiger partial charge in [-0.05, 0) is 30.7 Å². The van der Waals surface area contributed by atoms with Crippen molar-refractivity contribution in [3.8, 4) is 0 Å². The van der Waals surface area contributed by atoms with Gasteiger partial charge in [-0.15, -0.1) is 24.8 Å². The van der Waals surface area contributed by atoms with E-state index in [0.717, 1.165) is 11.6 Å². The van der Waals surface area contributed by atoms with Crippen molar-refractivity contribution >= 4 is 36.4 Å². The summed E-state index contributed by atoms with van der Waals surface area (Å²) in [6.45, 7) is 4.42. The Hall–Kier alpha value is -1.89. The molecule has 28 heavy (non-hydrogen) atoms. The SMILES string of the molecule is CC(c1ccc(F)cc1F)N1CCN(C(=O)Cc2ccc(N)cc2)CC1.Cl.Cl. The Labute approximate surface area is 176 Å². The van der Waals surface area contributed by atoms with Crippen LogP contribution in [0.25, 0.3) is 0 Å². The van der Waals surface area contributed by atoms with Gasteiger partial charge < -0.3 is 10.6 Å². The first-order valence-electron chi connectivity index (χ1n) is 8.75. The van der Waals surface area contributed by atoms with Crippen molar-refractivity contribution < 1.29 is 13.6 Å². The average Bonchev–Trinajstić information content (AvgIpc) is 2.63. The van der Waals surface area contributed by atoms with Crippen LogP contribution in [0.1, 0.15) is 24.1 Å². The van der Waals surface area contributed by atoms with Gasteiger partial charge in [-0.1, -0.05) is 18.2 Å². The Bertz CT molecular complexity index is 782. The zero-order valence-electron chi connectivity index (χ0n) is 15.6. The molecule has 154 valence electrons. The van der Waals surface area contributed by atoms with Crippen LogP contribution < -0.4 is 5.73 Å². The van der Waals surface area contributed by atoms with Crippen LogP contribution in [-0.2, 0) is 11.2 Å². The average molecular weight is 432 g/mol. The van der Waals surface area contributed by atoms with Crippen LogP contribution in [0.5, 0.6) is 0 Å². The number of rotatable bonds is 4. The molecule has 8 heteroatoms. The second-order valence-corrected chi connectivity index (χ2v) is 6.68. The molecule has 2 aromatic rings. The number of carbonyl (C=O) groups is 1. The molecule has 0 aliphatic carbocycles. The molecule has 1 aliphatic rings. The van der Waals surface area contributed by atoms with Gasteiger partial charge in [0.15, 0.2) is 0 Å². The number of nitrogens with two attached hydrogens (primary N) is 1. The van der Waals surface area contributed by atoms with Crippen molar-refractivity contribution in [3.05, 3.63) is 65.2 Å². The lowest BCUT2D eigenvalue weighted by Gasteiger charge is -2.38. The van der Waals surface area contributed by atoms with E-state index in [1.807, 2.05) is 24.0 Å². The third-order valence-corrected chi connectivity index (χ3v) is 4.96. The second kappa shape index (κ2) is 10.6. The molecule has 1 unspecified atom stereocenters. The van der Waals surface area contributed by atoms with E-state index in [1.54, 1.807) is 12.1 Å². The second-order valence-electron chi connectivity index (χ2n) is 6.68. The van der Waals surface area contributed by atoms with Gasteiger partial charge in [0.1, 0.15) is 11.6 Å². The molecular formula is C20H25Cl2F2N3O. The first-order valence-corrected chi connectivity index (χ1v) is 8.75. The Morgan fingerprint density at radius 2 is 1.64 bits per heavy atom. The number of carbonyl (C=O) groups excluding carboxylic acids is 1. The predicted molar refractivity (Wildman–Crippen MR) is 112 cm³/mol. The summed E-state index contributed by atoms with van der Waals surface area (Å²) >= 11 is 0. The van der Waals surface area contributed by atoms with Crippen LogP contribution in [0.4, 0.5) is 14.5 Å². The maximum atomic E-state index is 14.0. The summed E-state index contributed by atoms with van der Waals surface area (Å²) in [5.74, 6) is -1.02. The van der Waals surface area contributed by atoms with Gasteiger partial charge in [0.25, 0.3) is 0 Å². The Kier molecular flexibility index (Phi) is 9.14. The van der Waals surface area contributed by atoms with Crippen LogP contribution in [0.2, 0.25) is 0 Å². The van der Waals surface area contributed by atoms with E-state index in [0.29, 0.717) is 43.9 Å². The molecule has 1 fully saturated rings. The molecule has 1 heterocycles. The number of hydrogen-bond donors (Lipinski definition) is 1. The molecule has 2 N–H and O–H groups in total. The Balaban J connectivity index is 0.00000196. The van der Waals surface area contributed by atoms with Crippen LogP contribution in [0.3, 0.4) is 0 Å². The summed E-state index contributed by atoms with van der Waals surface area (Å²) in [5.41, 5.74) is 7.76. The smallest absolute Gasteiger partial charge is 0.227 e. The third kappa shape index (κ3) is 5.80. The fourth-order valence-corrected chi connectivity index (χ4v) is 3.32. The first-order chi connectivity index (χ1) is 12.4. The van der Waals surface area contributed by atoms with Gasteiger partial charge >= 0.3 is 0 Å². The lowest BCUT2D eigenvalue weighted by Crippen LogP contribution is -2.49. The van der Waals surface area contributed by atoms with Gasteiger partial charge in [-0.2, -0.15) is 0 Å². The molecule has 1 amide bonds. The minimum absolute atomic E-state index is 0. The summed E-state index contributed by atoms with van der Waals surface area (Å²) in [5, 5.41) is 0. The maximum absolute atomic E-state index is 14.0. The van der Waals surface area contributed by atoms with E-state index in [1.165, 1.54) is 12.1 Å². The normalized spacial score (nSPS) is 15.3. The monoisotopic (exact) mass is 431 g/mol. The van der Waals surface area contributed by atoms with E-state index >= 15 is 0 Å². The largest absolute Gasteiger partial charge is 0.399 e. The Morgan fingerprint density at radius 1 is 1.04 bits per heavy atom. The van der Waals surface area contributed by atoms with Crippen molar-refractivity contribution in [2.45, 2.75) is 19.4 Å². The van der Waals surface area contributed by atoms with E-state index in [2.05, 4.69) is 4.90 Å². The van der Waals surface area contributed by atoms with Crippen molar-refractivity contribution in [1.82, 2.24) is 9.80 Å². The number of halogens is 4. The number of amides is 1. The molecule has 0 spiro atoms. The summed E-state index contributed by atoms with van der Waals surface area (Å²) in [4.78, 5) is 16.4. The molecule has 2 aromatic carbocycles. The lowest BCUT2D eigenvalue weighted by atomic mass is 10.0. The first kappa shape index (κ1) is 24.1. The standard InChI is InChI=1S/C20H23F2N3O.2ClH/c1-14(18-7-4-16(21)13-19(18)22)24-8-10-25(11-9-24)20(26)12-15-2-5-17(23)6-3-15;;/h2-7,13-14H,8-12,23H2,1H3;2*1H. The van der Waals surface area contributed by atoms with Crippen LogP contribution in [-0.4, -0.2) is 41.9 Å². The highest BCUT2D eigenvalue weighted by molar-refractivity contribution is 5.85. The summed E-state index contributed by atoms with van der Waals surface area (Å²) in [6, 6.07) is 10.8. The van der Waals surface area contributed by atoms with Crippen molar-refractivity contribution in [2.75, 3.05) is 31.9 Å². The maximum Gasteiger partial charge on any atom is 0.227 e. The van der Waals surface area contributed by atoms with Crippen LogP contribution in [0.15, 0.2) is 42.5 Å². The molecule has 4 nitrogen and oxygen atoms in total. The number of piperazine rings is 1. The van der Waals surface area contributed by atoms with Crippen molar-refractivity contribution in [2.24, 2.45) is 0 Å². The predicted octanol–water partition coefficient (Wildman–Crippen LogP) is 3.84. The lowest BCUT2D eigenvalue weighted by molar-refractivity contribution is -0.132. The Morgan fingerprint density at radius 3 is 2.21 bits per heavy atom. The molecule has 3 rings (SSSR count).